The number of nitrogens with two attached hydrogens (primary N) is 1. The number of ether oxygens (including phenoxy) is 1. The van der Waals surface area contributed by atoms with E-state index in [1.807, 2.05) is 24.4 Å². The van der Waals surface area contributed by atoms with E-state index in [2.05, 4.69) is 12.6 Å². The van der Waals surface area contributed by atoms with E-state index >= 15 is 0 Å². The molecule has 0 fully saturated rings. The van der Waals surface area contributed by atoms with Gasteiger partial charge in [-0.25, -0.2) is 0 Å². The molecule has 0 atom stereocenters. The van der Waals surface area contributed by atoms with Crippen LogP contribution in [0.15, 0.2) is 22.4 Å². The molecule has 74 valence electrons. The summed E-state index contributed by atoms with van der Waals surface area (Å²) in [7, 11) is 0. The minimum atomic E-state index is 0.634. The molecule has 0 unspecified atom stereocenters. The predicted octanol–water partition coefficient (Wildman–Crippen LogP) is 3.17. The van der Waals surface area contributed by atoms with Crippen LogP contribution in [0.2, 0.25) is 0 Å². The van der Waals surface area contributed by atoms with Crippen molar-refractivity contribution in [3.8, 4) is 5.75 Å². The van der Waals surface area contributed by atoms with Crippen molar-refractivity contribution in [2.75, 3.05) is 12.3 Å². The highest BCUT2D eigenvalue weighted by atomic mass is 32.1. The monoisotopic (exact) mass is 225 g/mol. The van der Waals surface area contributed by atoms with Gasteiger partial charge in [0.15, 0.2) is 0 Å². The number of anilines is 1. The molecule has 0 bridgehead atoms. The third kappa shape index (κ3) is 1.55. The summed E-state index contributed by atoms with van der Waals surface area (Å²) in [4.78, 5) is 0.972. The van der Waals surface area contributed by atoms with E-state index in [0.29, 0.717) is 12.3 Å². The summed E-state index contributed by atoms with van der Waals surface area (Å²) in [5.74, 6) is 0.759. The van der Waals surface area contributed by atoms with E-state index in [0.717, 1.165) is 20.7 Å². The lowest BCUT2D eigenvalue weighted by atomic mass is 10.2. The third-order valence-electron chi connectivity index (χ3n) is 1.99. The van der Waals surface area contributed by atoms with E-state index in [9.17, 15) is 0 Å². The standard InChI is InChI=1S/C10H11NOS2/c1-2-12-8-4-10-6(3-7(8)11)9(13)5-14-10/h3-5,13H,2,11H2,1H3. The summed E-state index contributed by atoms with van der Waals surface area (Å²) in [6, 6.07) is 3.89. The summed E-state index contributed by atoms with van der Waals surface area (Å²) in [5, 5.41) is 3.10. The first-order chi connectivity index (χ1) is 6.72. The number of thiol groups is 1. The fourth-order valence-corrected chi connectivity index (χ4v) is 2.59. The van der Waals surface area contributed by atoms with Crippen molar-refractivity contribution < 1.29 is 4.74 Å². The molecule has 0 aliphatic carbocycles. The van der Waals surface area contributed by atoms with Gasteiger partial charge in [-0.3, -0.25) is 0 Å². The molecule has 2 rings (SSSR count). The largest absolute Gasteiger partial charge is 0.492 e. The average Bonchev–Trinajstić information content (AvgIpc) is 2.50. The Bertz CT molecular complexity index is 464. The number of rotatable bonds is 2. The van der Waals surface area contributed by atoms with Gasteiger partial charge in [0.25, 0.3) is 0 Å². The summed E-state index contributed by atoms with van der Waals surface area (Å²) < 4.78 is 6.57. The SMILES string of the molecule is CCOc1cc2scc(S)c2cc1N. The molecular weight excluding hydrogens is 214 g/mol. The van der Waals surface area contributed by atoms with Crippen LogP contribution < -0.4 is 10.5 Å². The Morgan fingerprint density at radius 2 is 2.29 bits per heavy atom. The molecule has 1 heterocycles. The zero-order chi connectivity index (χ0) is 10.1. The van der Waals surface area contributed by atoms with Crippen molar-refractivity contribution in [3.63, 3.8) is 0 Å². The van der Waals surface area contributed by atoms with E-state index in [-0.39, 0.29) is 0 Å². The van der Waals surface area contributed by atoms with Crippen LogP contribution in [0, 0.1) is 0 Å². The van der Waals surface area contributed by atoms with Crippen LogP contribution in [0.4, 0.5) is 5.69 Å². The van der Waals surface area contributed by atoms with Crippen molar-refractivity contribution in [2.24, 2.45) is 0 Å². The fraction of sp³-hybridized carbons (Fsp3) is 0.200. The van der Waals surface area contributed by atoms with E-state index in [1.165, 1.54) is 0 Å². The first-order valence-corrected chi connectivity index (χ1v) is 5.67. The lowest BCUT2D eigenvalue weighted by molar-refractivity contribution is 0.342. The van der Waals surface area contributed by atoms with Gasteiger partial charge in [-0.05, 0) is 13.0 Å². The normalized spacial score (nSPS) is 10.7. The molecule has 1 aromatic carbocycles. The molecular formula is C10H11NOS2. The van der Waals surface area contributed by atoms with Gasteiger partial charge >= 0.3 is 0 Å². The van der Waals surface area contributed by atoms with Crippen molar-refractivity contribution >= 4 is 39.7 Å². The molecule has 0 aliphatic rings. The average molecular weight is 225 g/mol. The van der Waals surface area contributed by atoms with E-state index in [4.69, 9.17) is 10.5 Å². The summed E-state index contributed by atoms with van der Waals surface area (Å²) in [6.07, 6.45) is 0. The maximum Gasteiger partial charge on any atom is 0.143 e. The van der Waals surface area contributed by atoms with Gasteiger partial charge in [-0.1, -0.05) is 0 Å². The highest BCUT2D eigenvalue weighted by Crippen LogP contribution is 2.35. The molecule has 0 spiro atoms. The van der Waals surface area contributed by atoms with Crippen LogP contribution in [0.1, 0.15) is 6.92 Å². The number of nitrogen functional groups attached to an aromatic ring is 1. The highest BCUT2D eigenvalue weighted by Gasteiger charge is 2.06. The predicted molar refractivity (Wildman–Crippen MR) is 64.7 cm³/mol. The molecule has 4 heteroatoms. The minimum Gasteiger partial charge on any atom is -0.492 e. The second-order valence-electron chi connectivity index (χ2n) is 2.94. The number of hydrogen-bond donors (Lipinski definition) is 2. The molecule has 0 radical (unpaired) electrons. The summed E-state index contributed by atoms with van der Waals surface area (Å²) in [5.41, 5.74) is 6.52. The van der Waals surface area contributed by atoms with Crippen molar-refractivity contribution in [2.45, 2.75) is 11.8 Å². The van der Waals surface area contributed by atoms with Gasteiger partial charge in [-0.15, -0.1) is 24.0 Å². The number of benzene rings is 1. The molecule has 14 heavy (non-hydrogen) atoms. The molecule has 2 nitrogen and oxygen atoms in total. The smallest absolute Gasteiger partial charge is 0.143 e. The van der Waals surface area contributed by atoms with Crippen LogP contribution in [-0.2, 0) is 0 Å². The Morgan fingerprint density at radius 1 is 1.50 bits per heavy atom. The zero-order valence-corrected chi connectivity index (χ0v) is 9.49. The van der Waals surface area contributed by atoms with Crippen LogP contribution >= 0.6 is 24.0 Å². The first-order valence-electron chi connectivity index (χ1n) is 4.35. The molecule has 0 aliphatic heterocycles. The summed E-state index contributed by atoms with van der Waals surface area (Å²) in [6.45, 7) is 2.58. The number of hydrogen-bond acceptors (Lipinski definition) is 4. The highest BCUT2D eigenvalue weighted by molar-refractivity contribution is 7.80. The van der Waals surface area contributed by atoms with Gasteiger partial charge in [0.1, 0.15) is 5.75 Å². The van der Waals surface area contributed by atoms with Crippen LogP contribution in [-0.4, -0.2) is 6.61 Å². The van der Waals surface area contributed by atoms with Crippen LogP contribution in [0.25, 0.3) is 10.1 Å². The lowest BCUT2D eigenvalue weighted by Crippen LogP contribution is -1.96. The molecule has 0 saturated carbocycles. The van der Waals surface area contributed by atoms with Crippen LogP contribution in [0.3, 0.4) is 0 Å². The van der Waals surface area contributed by atoms with Gasteiger partial charge in [0, 0.05) is 26.4 Å². The van der Waals surface area contributed by atoms with Crippen molar-refractivity contribution in [1.29, 1.82) is 0 Å². The Kier molecular flexibility index (Phi) is 2.56. The van der Waals surface area contributed by atoms with E-state index in [1.54, 1.807) is 11.3 Å². The maximum absolute atomic E-state index is 5.85. The Labute approximate surface area is 92.1 Å². The van der Waals surface area contributed by atoms with Crippen molar-refractivity contribution in [3.05, 3.63) is 17.5 Å². The van der Waals surface area contributed by atoms with Gasteiger partial charge < -0.3 is 10.5 Å². The Morgan fingerprint density at radius 3 is 3.00 bits per heavy atom. The second kappa shape index (κ2) is 3.71. The van der Waals surface area contributed by atoms with Crippen molar-refractivity contribution in [1.82, 2.24) is 0 Å². The molecule has 2 N–H and O–H groups in total. The number of fused-ring (bicyclic) bond motifs is 1. The first kappa shape index (κ1) is 9.68. The lowest BCUT2D eigenvalue weighted by Gasteiger charge is -2.06. The van der Waals surface area contributed by atoms with Gasteiger partial charge in [0.2, 0.25) is 0 Å². The maximum atomic E-state index is 5.85. The molecule has 0 amide bonds. The van der Waals surface area contributed by atoms with E-state index < -0.39 is 0 Å². The minimum absolute atomic E-state index is 0.634. The molecule has 1 aromatic heterocycles. The van der Waals surface area contributed by atoms with Gasteiger partial charge in [-0.2, -0.15) is 0 Å². The van der Waals surface area contributed by atoms with Gasteiger partial charge in [0.05, 0.1) is 12.3 Å². The molecule has 0 saturated heterocycles. The zero-order valence-electron chi connectivity index (χ0n) is 7.78. The topological polar surface area (TPSA) is 35.2 Å². The number of thiophene rings is 1. The fourth-order valence-electron chi connectivity index (χ4n) is 1.34. The molecule has 2 aromatic rings. The Hall–Kier alpha value is -0.870. The third-order valence-corrected chi connectivity index (χ3v) is 3.48. The second-order valence-corrected chi connectivity index (χ2v) is 4.33. The van der Waals surface area contributed by atoms with Crippen LogP contribution in [0.5, 0.6) is 5.75 Å². The quantitative estimate of drug-likeness (QED) is 0.608. The Balaban J connectivity index is 2.60. The summed E-state index contributed by atoms with van der Waals surface area (Å²) >= 11 is 6.00.